The molecule has 1 heterocycles. The zero-order valence-corrected chi connectivity index (χ0v) is 15.3. The van der Waals surface area contributed by atoms with Crippen molar-refractivity contribution in [3.63, 3.8) is 0 Å². The van der Waals surface area contributed by atoms with E-state index in [0.29, 0.717) is 17.1 Å². The van der Waals surface area contributed by atoms with Crippen molar-refractivity contribution < 1.29 is 23.5 Å². The first-order valence-electron chi connectivity index (χ1n) is 8.05. The molecule has 2 aromatic carbocycles. The highest BCUT2D eigenvalue weighted by atomic mass is 35.5. The van der Waals surface area contributed by atoms with E-state index in [4.69, 9.17) is 26.4 Å². The molecule has 0 radical (unpaired) electrons. The summed E-state index contributed by atoms with van der Waals surface area (Å²) < 4.78 is 19.4. The summed E-state index contributed by atoms with van der Waals surface area (Å²) in [7, 11) is 0. The number of nitriles is 1. The highest BCUT2D eigenvalue weighted by Gasteiger charge is 2.13. The number of carboxylic acids is 1. The highest BCUT2D eigenvalue weighted by molar-refractivity contribution is 6.33. The number of furan rings is 1. The molecule has 2 N–H and O–H groups in total. The Morgan fingerprint density at radius 1 is 1.17 bits per heavy atom. The molecule has 0 saturated heterocycles. The quantitative estimate of drug-likeness (QED) is 0.485. The minimum Gasteiger partial charge on any atom is -0.478 e. The summed E-state index contributed by atoms with van der Waals surface area (Å²) in [6.45, 7) is 0. The fourth-order valence-electron chi connectivity index (χ4n) is 2.40. The molecule has 7 nitrogen and oxygen atoms in total. The molecule has 0 fully saturated rings. The van der Waals surface area contributed by atoms with Gasteiger partial charge >= 0.3 is 5.97 Å². The number of nitrogens with zero attached hydrogens (tertiary/aromatic N) is 2. The lowest BCUT2D eigenvalue weighted by Crippen LogP contribution is -2.19. The van der Waals surface area contributed by atoms with E-state index in [-0.39, 0.29) is 21.7 Å². The molecular weight excluding hydrogens is 401 g/mol. The Morgan fingerprint density at radius 2 is 1.93 bits per heavy atom. The predicted molar refractivity (Wildman–Crippen MR) is 102 cm³/mol. The van der Waals surface area contributed by atoms with Crippen molar-refractivity contribution in [2.75, 3.05) is 0 Å². The van der Waals surface area contributed by atoms with Gasteiger partial charge in [-0.2, -0.15) is 10.4 Å². The summed E-state index contributed by atoms with van der Waals surface area (Å²) in [4.78, 5) is 23.0. The standard InChI is InChI=1S/C20H11ClFN3O4/c21-16-8-12(2-5-14(16)20(27)28)18-6-3-13(29-18)10-24-25-19(26)15-4-1-11(9-23)7-17(15)22/h1-8,10H,(H,25,26)(H,27,28)/b24-10+. The number of nitrogens with one attached hydrogen (secondary N) is 1. The van der Waals surface area contributed by atoms with E-state index < -0.39 is 17.7 Å². The van der Waals surface area contributed by atoms with Crippen molar-refractivity contribution in [1.29, 1.82) is 5.26 Å². The van der Waals surface area contributed by atoms with Gasteiger partial charge in [-0.25, -0.2) is 14.6 Å². The molecule has 144 valence electrons. The van der Waals surface area contributed by atoms with Crippen LogP contribution >= 0.6 is 11.6 Å². The lowest BCUT2D eigenvalue weighted by Gasteiger charge is -2.02. The van der Waals surface area contributed by atoms with Crippen molar-refractivity contribution in [3.8, 4) is 17.4 Å². The second-order valence-electron chi connectivity index (χ2n) is 5.71. The van der Waals surface area contributed by atoms with Crippen LogP contribution in [-0.2, 0) is 0 Å². The Balaban J connectivity index is 1.69. The molecular formula is C20H11ClFN3O4. The van der Waals surface area contributed by atoms with E-state index in [1.807, 2.05) is 0 Å². The minimum absolute atomic E-state index is 0.0264. The monoisotopic (exact) mass is 411 g/mol. The molecule has 0 aliphatic rings. The SMILES string of the molecule is N#Cc1ccc(C(=O)N/N=C/c2ccc(-c3ccc(C(=O)O)c(Cl)c3)o2)c(F)c1. The molecule has 3 aromatic rings. The fraction of sp³-hybridized carbons (Fsp3) is 0. The van der Waals surface area contributed by atoms with Crippen LogP contribution in [-0.4, -0.2) is 23.2 Å². The van der Waals surface area contributed by atoms with Crippen LogP contribution in [0.25, 0.3) is 11.3 Å². The second-order valence-corrected chi connectivity index (χ2v) is 6.11. The molecule has 0 spiro atoms. The number of carbonyl (C=O) groups excluding carboxylic acids is 1. The Kier molecular flexibility index (Phi) is 5.71. The van der Waals surface area contributed by atoms with Crippen LogP contribution in [0.15, 0.2) is 58.0 Å². The largest absolute Gasteiger partial charge is 0.478 e. The molecule has 0 saturated carbocycles. The maximum atomic E-state index is 13.8. The van der Waals surface area contributed by atoms with Gasteiger partial charge in [0.05, 0.1) is 34.0 Å². The molecule has 0 aliphatic carbocycles. The van der Waals surface area contributed by atoms with Crippen LogP contribution in [0, 0.1) is 17.1 Å². The summed E-state index contributed by atoms with van der Waals surface area (Å²) in [6.07, 6.45) is 1.22. The van der Waals surface area contributed by atoms with Crippen LogP contribution in [0.2, 0.25) is 5.02 Å². The topological polar surface area (TPSA) is 116 Å². The maximum Gasteiger partial charge on any atom is 0.337 e. The number of halogens is 2. The average Bonchev–Trinajstić information content (AvgIpc) is 3.16. The van der Waals surface area contributed by atoms with Crippen molar-refractivity contribution in [3.05, 3.63) is 81.8 Å². The fourth-order valence-corrected chi connectivity index (χ4v) is 2.66. The first kappa shape index (κ1) is 19.8. The van der Waals surface area contributed by atoms with Crippen molar-refractivity contribution in [2.45, 2.75) is 0 Å². The zero-order chi connectivity index (χ0) is 21.0. The van der Waals surface area contributed by atoms with Gasteiger partial charge in [-0.15, -0.1) is 0 Å². The van der Waals surface area contributed by atoms with Gasteiger partial charge in [0.15, 0.2) is 0 Å². The third kappa shape index (κ3) is 4.48. The molecule has 0 bridgehead atoms. The number of hydrogen-bond donors (Lipinski definition) is 2. The molecule has 29 heavy (non-hydrogen) atoms. The van der Waals surface area contributed by atoms with Crippen molar-refractivity contribution in [2.24, 2.45) is 5.10 Å². The molecule has 9 heteroatoms. The Labute approximate surface area is 168 Å². The third-order valence-corrected chi connectivity index (χ3v) is 4.12. The van der Waals surface area contributed by atoms with Gasteiger partial charge in [0, 0.05) is 5.56 Å². The first-order valence-corrected chi connectivity index (χ1v) is 8.43. The average molecular weight is 412 g/mol. The molecule has 3 rings (SSSR count). The lowest BCUT2D eigenvalue weighted by atomic mass is 10.1. The number of hydrazone groups is 1. The van der Waals surface area contributed by atoms with Gasteiger partial charge in [-0.1, -0.05) is 17.7 Å². The highest BCUT2D eigenvalue weighted by Crippen LogP contribution is 2.27. The summed E-state index contributed by atoms with van der Waals surface area (Å²) in [6, 6.07) is 12.8. The van der Waals surface area contributed by atoms with Crippen LogP contribution < -0.4 is 5.43 Å². The van der Waals surface area contributed by atoms with Gasteiger partial charge in [0.2, 0.25) is 0 Å². The minimum atomic E-state index is -1.14. The number of rotatable bonds is 5. The molecule has 0 atom stereocenters. The summed E-state index contributed by atoms with van der Waals surface area (Å²) in [5.74, 6) is -2.05. The lowest BCUT2D eigenvalue weighted by molar-refractivity contribution is 0.0696. The van der Waals surface area contributed by atoms with Crippen molar-refractivity contribution in [1.82, 2.24) is 5.43 Å². The van der Waals surface area contributed by atoms with Crippen LogP contribution in [0.4, 0.5) is 4.39 Å². The zero-order valence-electron chi connectivity index (χ0n) is 14.5. The number of amides is 1. The van der Waals surface area contributed by atoms with Gasteiger partial charge in [0.1, 0.15) is 17.3 Å². The molecule has 0 aliphatic heterocycles. The van der Waals surface area contributed by atoms with Gasteiger partial charge in [0.25, 0.3) is 5.91 Å². The third-order valence-electron chi connectivity index (χ3n) is 3.81. The van der Waals surface area contributed by atoms with Crippen LogP contribution in [0.5, 0.6) is 0 Å². The van der Waals surface area contributed by atoms with E-state index in [9.17, 15) is 14.0 Å². The van der Waals surface area contributed by atoms with Crippen molar-refractivity contribution >= 4 is 29.7 Å². The molecule has 1 aromatic heterocycles. The first-order chi connectivity index (χ1) is 13.9. The van der Waals surface area contributed by atoms with Crippen LogP contribution in [0.1, 0.15) is 32.0 Å². The number of benzene rings is 2. The van der Waals surface area contributed by atoms with Gasteiger partial charge in [-0.3, -0.25) is 4.79 Å². The van der Waals surface area contributed by atoms with E-state index >= 15 is 0 Å². The number of carboxylic acid groups (broad SMARTS) is 1. The normalized spacial score (nSPS) is 10.7. The van der Waals surface area contributed by atoms with E-state index in [1.165, 1.54) is 30.5 Å². The number of hydrogen-bond acceptors (Lipinski definition) is 5. The van der Waals surface area contributed by atoms with Gasteiger partial charge < -0.3 is 9.52 Å². The van der Waals surface area contributed by atoms with Gasteiger partial charge in [-0.05, 0) is 42.5 Å². The predicted octanol–water partition coefficient (Wildman–Crippen LogP) is 4.07. The smallest absolute Gasteiger partial charge is 0.337 e. The Bertz CT molecular complexity index is 1180. The number of carbonyl (C=O) groups is 2. The Morgan fingerprint density at radius 3 is 2.59 bits per heavy atom. The van der Waals surface area contributed by atoms with E-state index in [2.05, 4.69) is 10.5 Å². The summed E-state index contributed by atoms with van der Waals surface area (Å²) in [5.41, 5.74) is 2.54. The summed E-state index contributed by atoms with van der Waals surface area (Å²) >= 11 is 5.94. The van der Waals surface area contributed by atoms with E-state index in [1.54, 1.807) is 24.3 Å². The number of aromatic carboxylic acids is 1. The summed E-state index contributed by atoms with van der Waals surface area (Å²) in [5, 5.41) is 21.5. The molecule has 1 amide bonds. The van der Waals surface area contributed by atoms with Crippen LogP contribution in [0.3, 0.4) is 0 Å². The Hall–Kier alpha value is -3.96. The second kappa shape index (κ2) is 8.37. The molecule has 0 unspecified atom stereocenters. The maximum absolute atomic E-state index is 13.8. The van der Waals surface area contributed by atoms with E-state index in [0.717, 1.165) is 6.07 Å².